The van der Waals surface area contributed by atoms with Crippen molar-refractivity contribution in [3.05, 3.63) is 0 Å². The van der Waals surface area contributed by atoms with E-state index in [9.17, 15) is 14.4 Å². The van der Waals surface area contributed by atoms with Gasteiger partial charge in [0.2, 0.25) is 17.7 Å². The van der Waals surface area contributed by atoms with Crippen LogP contribution in [-0.4, -0.2) is 66.3 Å². The number of carbonyl (C=O) groups is 3. The Bertz CT molecular complexity index is 517. The minimum Gasteiger partial charge on any atom is -0.369 e. The lowest BCUT2D eigenvalue weighted by molar-refractivity contribution is -0.147. The van der Waals surface area contributed by atoms with Crippen molar-refractivity contribution in [3.63, 3.8) is 0 Å². The number of piperazine rings is 1. The number of primary amides is 1. The van der Waals surface area contributed by atoms with Crippen LogP contribution >= 0.6 is 0 Å². The second kappa shape index (κ2) is 5.22. The zero-order valence-corrected chi connectivity index (χ0v) is 13.1. The number of likely N-dealkylation sites (N-methyl/N-ethyl adjacent to an activating group) is 1. The smallest absolute Gasteiger partial charge is 0.238 e. The third-order valence-corrected chi connectivity index (χ3v) is 5.65. The van der Waals surface area contributed by atoms with E-state index in [1.807, 2.05) is 0 Å². The number of carbonyl (C=O) groups excluding carboxylic acids is 3. The number of hydrogen-bond donors (Lipinski definition) is 2. The van der Waals surface area contributed by atoms with Crippen LogP contribution in [0, 0.1) is 5.41 Å². The van der Waals surface area contributed by atoms with E-state index in [1.54, 1.807) is 4.90 Å². The molecule has 2 saturated heterocycles. The maximum Gasteiger partial charge on any atom is 0.238 e. The fraction of sp³-hybridized carbons (Fsp3) is 0.800. The molecular weight excluding hydrogens is 284 g/mol. The molecule has 22 heavy (non-hydrogen) atoms. The molecule has 0 aromatic rings. The highest BCUT2D eigenvalue weighted by molar-refractivity contribution is 6.07. The van der Waals surface area contributed by atoms with Crippen molar-refractivity contribution < 1.29 is 14.4 Å². The molecular formula is C15H24N4O3. The van der Waals surface area contributed by atoms with Gasteiger partial charge in [0.05, 0.1) is 0 Å². The molecule has 3 amide bonds. The zero-order valence-electron chi connectivity index (χ0n) is 13.1. The summed E-state index contributed by atoms with van der Waals surface area (Å²) in [6.07, 6.45) is 3.18. The number of hydrogen-bond acceptors (Lipinski definition) is 4. The van der Waals surface area contributed by atoms with Gasteiger partial charge >= 0.3 is 0 Å². The minimum atomic E-state index is -0.949. The molecule has 1 atom stereocenters. The van der Waals surface area contributed by atoms with Crippen LogP contribution in [0.2, 0.25) is 0 Å². The van der Waals surface area contributed by atoms with Gasteiger partial charge in [-0.1, -0.05) is 0 Å². The highest BCUT2D eigenvalue weighted by atomic mass is 16.2. The van der Waals surface area contributed by atoms with Gasteiger partial charge in [0, 0.05) is 38.1 Å². The Morgan fingerprint density at radius 1 is 1.18 bits per heavy atom. The van der Waals surface area contributed by atoms with E-state index in [0.29, 0.717) is 38.9 Å². The van der Waals surface area contributed by atoms with E-state index >= 15 is 0 Å². The molecule has 0 radical (unpaired) electrons. The van der Waals surface area contributed by atoms with Gasteiger partial charge in [-0.05, 0) is 32.7 Å². The second-order valence-corrected chi connectivity index (χ2v) is 6.92. The van der Waals surface area contributed by atoms with E-state index in [0.717, 1.165) is 19.4 Å². The largest absolute Gasteiger partial charge is 0.369 e. The SMILES string of the molecule is CN1CCN(C(=O)C2(C(N)=O)CC2)CC12CCNC(=O)CC2. The first-order valence-electron chi connectivity index (χ1n) is 7.97. The van der Waals surface area contributed by atoms with E-state index in [4.69, 9.17) is 5.73 Å². The van der Waals surface area contributed by atoms with Crippen molar-refractivity contribution in [2.24, 2.45) is 11.1 Å². The molecule has 0 bridgehead atoms. The Morgan fingerprint density at radius 3 is 2.55 bits per heavy atom. The first-order valence-corrected chi connectivity index (χ1v) is 7.97. The van der Waals surface area contributed by atoms with Crippen molar-refractivity contribution in [2.75, 3.05) is 33.2 Å². The van der Waals surface area contributed by atoms with E-state index in [2.05, 4.69) is 17.3 Å². The zero-order chi connectivity index (χ0) is 16.0. The van der Waals surface area contributed by atoms with E-state index < -0.39 is 11.3 Å². The predicted molar refractivity (Wildman–Crippen MR) is 79.7 cm³/mol. The van der Waals surface area contributed by atoms with Crippen LogP contribution in [0.25, 0.3) is 0 Å². The maximum absolute atomic E-state index is 12.7. The molecule has 1 spiro atoms. The third-order valence-electron chi connectivity index (χ3n) is 5.65. The lowest BCUT2D eigenvalue weighted by atomic mass is 9.85. The fourth-order valence-corrected chi connectivity index (χ4v) is 3.76. The average Bonchev–Trinajstić information content (AvgIpc) is 3.29. The molecule has 3 rings (SSSR count). The number of nitrogens with two attached hydrogens (primary N) is 1. The molecule has 122 valence electrons. The minimum absolute atomic E-state index is 0.0736. The molecule has 2 aliphatic heterocycles. The lowest BCUT2D eigenvalue weighted by Gasteiger charge is -2.49. The Hall–Kier alpha value is -1.63. The first-order chi connectivity index (χ1) is 10.4. The summed E-state index contributed by atoms with van der Waals surface area (Å²) in [6.45, 7) is 2.58. The van der Waals surface area contributed by atoms with Crippen LogP contribution in [0.15, 0.2) is 0 Å². The van der Waals surface area contributed by atoms with Gasteiger partial charge in [0.25, 0.3) is 0 Å². The molecule has 7 heteroatoms. The normalized spacial score (nSPS) is 31.5. The summed E-state index contributed by atoms with van der Waals surface area (Å²) in [6, 6.07) is 0. The Kier molecular flexibility index (Phi) is 3.63. The molecule has 3 aliphatic rings. The van der Waals surface area contributed by atoms with Crippen LogP contribution in [-0.2, 0) is 14.4 Å². The Labute approximate surface area is 130 Å². The third kappa shape index (κ3) is 2.37. The highest BCUT2D eigenvalue weighted by Gasteiger charge is 2.58. The van der Waals surface area contributed by atoms with Crippen molar-refractivity contribution in [1.82, 2.24) is 15.1 Å². The fourth-order valence-electron chi connectivity index (χ4n) is 3.76. The second-order valence-electron chi connectivity index (χ2n) is 6.92. The first kappa shape index (κ1) is 15.3. The molecule has 3 fully saturated rings. The van der Waals surface area contributed by atoms with Gasteiger partial charge in [-0.3, -0.25) is 19.3 Å². The quantitative estimate of drug-likeness (QED) is 0.644. The molecule has 2 heterocycles. The van der Waals surface area contributed by atoms with Crippen LogP contribution < -0.4 is 11.1 Å². The average molecular weight is 308 g/mol. The van der Waals surface area contributed by atoms with E-state index in [1.165, 1.54) is 0 Å². The van der Waals surface area contributed by atoms with Gasteiger partial charge in [-0.25, -0.2) is 0 Å². The summed E-state index contributed by atoms with van der Waals surface area (Å²) >= 11 is 0. The monoisotopic (exact) mass is 308 g/mol. The Balaban J connectivity index is 1.77. The van der Waals surface area contributed by atoms with Crippen molar-refractivity contribution in [2.45, 2.75) is 37.6 Å². The summed E-state index contributed by atoms with van der Waals surface area (Å²) in [5.74, 6) is -0.538. The molecule has 3 N–H and O–H groups in total. The molecule has 1 aliphatic carbocycles. The summed E-state index contributed by atoms with van der Waals surface area (Å²) in [5, 5.41) is 2.90. The lowest BCUT2D eigenvalue weighted by Crippen LogP contribution is -2.63. The van der Waals surface area contributed by atoms with Crippen LogP contribution in [0.4, 0.5) is 0 Å². The van der Waals surface area contributed by atoms with E-state index in [-0.39, 0.29) is 17.4 Å². The van der Waals surface area contributed by atoms with Crippen LogP contribution in [0.1, 0.15) is 32.1 Å². The van der Waals surface area contributed by atoms with Crippen molar-refractivity contribution in [3.8, 4) is 0 Å². The maximum atomic E-state index is 12.7. The summed E-state index contributed by atoms with van der Waals surface area (Å²) < 4.78 is 0. The predicted octanol–water partition coefficient (Wildman–Crippen LogP) is -0.935. The molecule has 0 aromatic heterocycles. The summed E-state index contributed by atoms with van der Waals surface area (Å²) in [5.41, 5.74) is 4.30. The molecule has 7 nitrogen and oxygen atoms in total. The van der Waals surface area contributed by atoms with Crippen molar-refractivity contribution >= 4 is 17.7 Å². The molecule has 1 unspecified atom stereocenters. The summed E-state index contributed by atoms with van der Waals surface area (Å²) in [7, 11) is 2.05. The highest BCUT2D eigenvalue weighted by Crippen LogP contribution is 2.47. The van der Waals surface area contributed by atoms with Crippen LogP contribution in [0.5, 0.6) is 0 Å². The van der Waals surface area contributed by atoms with Gasteiger partial charge in [0.15, 0.2) is 0 Å². The van der Waals surface area contributed by atoms with Gasteiger partial charge in [0.1, 0.15) is 5.41 Å². The number of amides is 3. The molecule has 1 saturated carbocycles. The molecule has 0 aromatic carbocycles. The standard InChI is InChI=1S/C15H24N4O3/c1-18-8-9-19(13(22)15(4-5-15)12(16)21)10-14(18)3-2-11(20)17-7-6-14/h2-10H2,1H3,(H2,16,21)(H,17,20). The topological polar surface area (TPSA) is 95.7 Å². The van der Waals surface area contributed by atoms with Crippen molar-refractivity contribution in [1.29, 1.82) is 0 Å². The van der Waals surface area contributed by atoms with Gasteiger partial charge < -0.3 is 16.0 Å². The van der Waals surface area contributed by atoms with Gasteiger partial charge in [-0.15, -0.1) is 0 Å². The number of nitrogens with zero attached hydrogens (tertiary/aromatic N) is 2. The Morgan fingerprint density at radius 2 is 1.91 bits per heavy atom. The summed E-state index contributed by atoms with van der Waals surface area (Å²) in [4.78, 5) is 40.0. The van der Waals surface area contributed by atoms with Gasteiger partial charge in [-0.2, -0.15) is 0 Å². The van der Waals surface area contributed by atoms with Crippen LogP contribution in [0.3, 0.4) is 0 Å². The number of rotatable bonds is 2. The number of nitrogens with one attached hydrogen (secondary N) is 1.